The first kappa shape index (κ1) is 42.1. The summed E-state index contributed by atoms with van der Waals surface area (Å²) in [6, 6.07) is 12.6. The molecular weight excluding hydrogens is 623 g/mol. The molecule has 0 bridgehead atoms. The minimum atomic E-state index is 0. The van der Waals surface area contributed by atoms with Crippen molar-refractivity contribution in [2.75, 3.05) is 89.5 Å². The third-order valence-electron chi connectivity index (χ3n) is 4.37. The lowest BCUT2D eigenvalue weighted by Gasteiger charge is -2.24. The molecule has 0 saturated carbocycles. The highest BCUT2D eigenvalue weighted by atomic mass is 127. The number of aromatic amines is 3. The molecule has 10 heteroatoms. The summed E-state index contributed by atoms with van der Waals surface area (Å²) >= 11 is 2.15. The van der Waals surface area contributed by atoms with Gasteiger partial charge in [-0.1, -0.05) is 22.6 Å². The second kappa shape index (κ2) is 23.4. The smallest absolute Gasteiger partial charge is 0.119 e. The molecule has 0 saturated heterocycles. The van der Waals surface area contributed by atoms with E-state index in [0.29, 0.717) is 0 Å². The molecule has 0 unspecified atom stereocenters. The molecule has 8 nitrogen and oxygen atoms in total. The predicted molar refractivity (Wildman–Crippen MR) is 174 cm³/mol. The minimum absolute atomic E-state index is 0. The van der Waals surface area contributed by atoms with Gasteiger partial charge < -0.3 is 51.4 Å². The molecule has 0 spiro atoms. The molecule has 39 heavy (non-hydrogen) atoms. The summed E-state index contributed by atoms with van der Waals surface area (Å²) < 4.78 is 1.93. The lowest BCUT2D eigenvalue weighted by molar-refractivity contribution is -0.885. The SMILES string of the molecule is CI.CN(C)Cc1ccc(CN(C)C)[nH]1.C[N+](C)(C)Cc1ccc(C[N+](C)(C)C)[nH]1.C[NH2+]C.[Cl-].c1cc[nH]c1. The van der Waals surface area contributed by atoms with Crippen molar-refractivity contribution in [3.8, 4) is 0 Å². The van der Waals surface area contributed by atoms with E-state index < -0.39 is 0 Å². The number of aromatic nitrogens is 3. The topological polar surface area (TPSA) is 70.5 Å². The molecule has 3 aromatic rings. The number of alkyl halides is 1. The van der Waals surface area contributed by atoms with Crippen molar-refractivity contribution in [2.24, 2.45) is 0 Å². The van der Waals surface area contributed by atoms with Gasteiger partial charge in [-0.25, -0.2) is 0 Å². The van der Waals surface area contributed by atoms with Crippen LogP contribution >= 0.6 is 22.6 Å². The lowest BCUT2D eigenvalue weighted by atomic mass is 10.3. The van der Waals surface area contributed by atoms with Crippen molar-refractivity contribution in [2.45, 2.75) is 26.2 Å². The summed E-state index contributed by atoms with van der Waals surface area (Å²) in [5, 5.41) is 2.00. The van der Waals surface area contributed by atoms with E-state index >= 15 is 0 Å². The van der Waals surface area contributed by atoms with Gasteiger partial charge in [-0.2, -0.15) is 0 Å². The number of rotatable bonds is 8. The van der Waals surface area contributed by atoms with Gasteiger partial charge in [-0.15, -0.1) is 0 Å². The number of hydrogen-bond donors (Lipinski definition) is 4. The maximum Gasteiger partial charge on any atom is 0.119 e. The van der Waals surface area contributed by atoms with Gasteiger partial charge in [0.2, 0.25) is 0 Å². The summed E-state index contributed by atoms with van der Waals surface area (Å²) in [6.07, 6.45) is 3.75. The van der Waals surface area contributed by atoms with Gasteiger partial charge in [-0.05, 0) is 69.5 Å². The van der Waals surface area contributed by atoms with Crippen LogP contribution in [0.1, 0.15) is 22.8 Å². The summed E-state index contributed by atoms with van der Waals surface area (Å²) in [4.78, 5) is 16.0. The van der Waals surface area contributed by atoms with E-state index in [1.165, 1.54) is 22.8 Å². The maximum atomic E-state index is 3.50. The van der Waals surface area contributed by atoms with Crippen molar-refractivity contribution < 1.29 is 26.7 Å². The van der Waals surface area contributed by atoms with Crippen LogP contribution in [0, 0.1) is 0 Å². The molecule has 3 rings (SSSR count). The van der Waals surface area contributed by atoms with E-state index in [4.69, 9.17) is 0 Å². The Labute approximate surface area is 260 Å². The van der Waals surface area contributed by atoms with Crippen LogP contribution in [0.2, 0.25) is 0 Å². The van der Waals surface area contributed by atoms with Gasteiger partial charge in [0.05, 0.1) is 67.8 Å². The summed E-state index contributed by atoms with van der Waals surface area (Å²) in [5.74, 6) is 0. The second-order valence-corrected chi connectivity index (χ2v) is 11.9. The number of nitrogens with zero attached hydrogens (tertiary/aromatic N) is 4. The number of hydrogen-bond acceptors (Lipinski definition) is 2. The van der Waals surface area contributed by atoms with Crippen molar-refractivity contribution >= 4 is 22.6 Å². The fraction of sp³-hybridized carbons (Fsp3) is 0.586. The first-order valence-electron chi connectivity index (χ1n) is 13.1. The standard InChI is InChI=1S/C12H25N3.C10H19N3.C4H5N.C2H7N.CH3I.ClH/c1-14(2,3)9-11-7-8-12(13-11)10-15(4,5)6;1-12(2)7-9-5-6-10(11-9)8-13(3)4;1-2-4-5-3-1;1-3-2;1-2;/h7-8,13H,9-10H2,1-6H3;5-6,11H,7-8H2,1-4H3;1-5H;3H,1-2H3;1H3;1H/q+2;;;;;. The molecule has 0 fully saturated rings. The van der Waals surface area contributed by atoms with Crippen LogP contribution in [-0.4, -0.2) is 123 Å². The predicted octanol–water partition coefficient (Wildman–Crippen LogP) is 0.444. The van der Waals surface area contributed by atoms with Gasteiger partial charge in [0.1, 0.15) is 13.1 Å². The maximum absolute atomic E-state index is 3.50. The van der Waals surface area contributed by atoms with Gasteiger partial charge in [0.15, 0.2) is 0 Å². The van der Waals surface area contributed by atoms with Crippen LogP contribution in [0.25, 0.3) is 0 Å². The zero-order valence-electron chi connectivity index (χ0n) is 27.1. The molecule has 3 heterocycles. The fourth-order valence-corrected chi connectivity index (χ4v) is 3.33. The molecule has 0 aliphatic heterocycles. The van der Waals surface area contributed by atoms with Crippen LogP contribution in [-0.2, 0) is 26.2 Å². The molecule has 5 N–H and O–H groups in total. The Hall–Kier alpha value is -1.34. The molecule has 0 radical (unpaired) electrons. The van der Waals surface area contributed by atoms with Crippen molar-refractivity contribution in [1.82, 2.24) is 24.8 Å². The Morgan fingerprint density at radius 2 is 0.923 bits per heavy atom. The highest BCUT2D eigenvalue weighted by molar-refractivity contribution is 14.1. The molecule has 0 atom stereocenters. The number of nitrogens with two attached hydrogens (primary N) is 1. The van der Waals surface area contributed by atoms with Crippen LogP contribution in [0.5, 0.6) is 0 Å². The quantitative estimate of drug-likeness (QED) is 0.158. The number of quaternary nitrogens is 3. The van der Waals surface area contributed by atoms with Crippen LogP contribution in [0.15, 0.2) is 48.8 Å². The summed E-state index contributed by atoms with van der Waals surface area (Å²) in [6.45, 7) is 4.06. The zero-order chi connectivity index (χ0) is 29.8. The average Bonchev–Trinajstić information content (AvgIpc) is 3.53. The monoisotopic (exact) mass is 682 g/mol. The third kappa shape index (κ3) is 28.0. The van der Waals surface area contributed by atoms with Gasteiger partial charge >= 0.3 is 0 Å². The summed E-state index contributed by atoms with van der Waals surface area (Å²) in [7, 11) is 25.6. The van der Waals surface area contributed by atoms with E-state index in [1.54, 1.807) is 0 Å². The lowest BCUT2D eigenvalue weighted by Crippen LogP contribution is -3.00. The molecule has 3 aromatic heterocycles. The van der Waals surface area contributed by atoms with Crippen molar-refractivity contribution in [3.63, 3.8) is 0 Å². The van der Waals surface area contributed by atoms with E-state index in [9.17, 15) is 0 Å². The van der Waals surface area contributed by atoms with Crippen LogP contribution in [0.3, 0.4) is 0 Å². The average molecular weight is 683 g/mol. The Kier molecular flexibility index (Phi) is 25.2. The fourth-order valence-electron chi connectivity index (χ4n) is 3.33. The Morgan fingerprint density at radius 1 is 0.641 bits per heavy atom. The molecule has 0 aliphatic carbocycles. The van der Waals surface area contributed by atoms with Crippen molar-refractivity contribution in [3.05, 3.63) is 71.6 Å². The van der Waals surface area contributed by atoms with Crippen LogP contribution < -0.4 is 17.7 Å². The Balaban J connectivity index is -0.000000488. The Morgan fingerprint density at radius 3 is 1.15 bits per heavy atom. The molecule has 0 aromatic carbocycles. The van der Waals surface area contributed by atoms with E-state index in [0.717, 1.165) is 35.1 Å². The summed E-state index contributed by atoms with van der Waals surface area (Å²) in [5.41, 5.74) is 5.21. The van der Waals surface area contributed by atoms with E-state index in [2.05, 4.69) is 142 Å². The van der Waals surface area contributed by atoms with Gasteiger partial charge in [-0.3, -0.25) is 0 Å². The molecular formula is C29H60ClIN8+2. The Bertz CT molecular complexity index is 819. The van der Waals surface area contributed by atoms with Gasteiger partial charge in [0.25, 0.3) is 0 Å². The van der Waals surface area contributed by atoms with Crippen molar-refractivity contribution in [1.29, 1.82) is 0 Å². The minimum Gasteiger partial charge on any atom is -1.00 e. The molecule has 0 amide bonds. The third-order valence-corrected chi connectivity index (χ3v) is 4.37. The number of halogens is 2. The first-order valence-corrected chi connectivity index (χ1v) is 15.2. The van der Waals surface area contributed by atoms with E-state index in [-0.39, 0.29) is 12.4 Å². The molecule has 0 aliphatic rings. The number of H-pyrrole nitrogens is 3. The highest BCUT2D eigenvalue weighted by Gasteiger charge is 2.13. The normalized spacial score (nSPS) is 10.6. The van der Waals surface area contributed by atoms with Crippen LogP contribution in [0.4, 0.5) is 0 Å². The zero-order valence-corrected chi connectivity index (χ0v) is 30.0. The largest absolute Gasteiger partial charge is 1.00 e. The first-order chi connectivity index (χ1) is 17.6. The second-order valence-electron chi connectivity index (χ2n) is 11.9. The van der Waals surface area contributed by atoms with E-state index in [1.807, 2.05) is 48.9 Å². The molecule has 228 valence electrons. The van der Waals surface area contributed by atoms with Gasteiger partial charge in [0, 0.05) is 36.9 Å². The number of nitrogens with one attached hydrogen (secondary N) is 3. The highest BCUT2D eigenvalue weighted by Crippen LogP contribution is 2.10.